The second-order valence-electron chi connectivity index (χ2n) is 3.52. The molecule has 0 atom stereocenters. The van der Waals surface area contributed by atoms with Crippen molar-refractivity contribution in [3.63, 3.8) is 0 Å². The number of rotatable bonds is 4. The molecule has 0 fully saturated rings. The molecule has 3 nitrogen and oxygen atoms in total. The van der Waals surface area contributed by atoms with E-state index in [1.165, 1.54) is 0 Å². The van der Waals surface area contributed by atoms with Crippen molar-refractivity contribution in [1.29, 1.82) is 0 Å². The summed E-state index contributed by atoms with van der Waals surface area (Å²) in [4.78, 5) is 8.60. The molecule has 0 saturated heterocycles. The highest BCUT2D eigenvalue weighted by Gasteiger charge is 2.03. The number of aromatic nitrogens is 2. The fourth-order valence-electron chi connectivity index (χ4n) is 1.38. The lowest BCUT2D eigenvalue weighted by Crippen LogP contribution is -2.06. The summed E-state index contributed by atoms with van der Waals surface area (Å²) in [6.07, 6.45) is 2.60. The first kappa shape index (κ1) is 12.8. The molecule has 0 aromatic carbocycles. The van der Waals surface area contributed by atoms with Gasteiger partial charge < -0.3 is 5.32 Å². The number of halogens is 2. The van der Waals surface area contributed by atoms with E-state index in [4.69, 9.17) is 11.6 Å². The lowest BCUT2D eigenvalue weighted by molar-refractivity contribution is 0.960. The van der Waals surface area contributed by atoms with Crippen molar-refractivity contribution in [3.8, 4) is 0 Å². The monoisotopic (exact) mass is 331 g/mol. The van der Waals surface area contributed by atoms with E-state index in [0.29, 0.717) is 10.8 Å². The summed E-state index contributed by atoms with van der Waals surface area (Å²) in [5, 5.41) is 6.99. The summed E-state index contributed by atoms with van der Waals surface area (Å²) in [7, 11) is 0. The third kappa shape index (κ3) is 3.66. The maximum Gasteiger partial charge on any atom is 0.144 e. The first-order valence-corrected chi connectivity index (χ1v) is 7.16. The van der Waals surface area contributed by atoms with Crippen molar-refractivity contribution in [2.24, 2.45) is 0 Å². The SMILES string of the molecule is Cc1nc(CCNc2ncc(Br)cc2Cl)cs1. The van der Waals surface area contributed by atoms with Crippen LogP contribution in [-0.2, 0) is 6.42 Å². The zero-order valence-electron chi connectivity index (χ0n) is 9.20. The van der Waals surface area contributed by atoms with E-state index in [-0.39, 0.29) is 0 Å². The van der Waals surface area contributed by atoms with E-state index in [2.05, 4.69) is 36.6 Å². The van der Waals surface area contributed by atoms with E-state index in [1.807, 2.05) is 13.0 Å². The highest BCUT2D eigenvalue weighted by molar-refractivity contribution is 9.10. The number of hydrogen-bond donors (Lipinski definition) is 1. The molecule has 6 heteroatoms. The van der Waals surface area contributed by atoms with Crippen molar-refractivity contribution in [2.75, 3.05) is 11.9 Å². The summed E-state index contributed by atoms with van der Waals surface area (Å²) in [6, 6.07) is 1.82. The minimum atomic E-state index is 0.619. The summed E-state index contributed by atoms with van der Waals surface area (Å²) in [5.74, 6) is 0.710. The van der Waals surface area contributed by atoms with Crippen LogP contribution in [0.25, 0.3) is 0 Å². The van der Waals surface area contributed by atoms with Crippen LogP contribution in [0.4, 0.5) is 5.82 Å². The molecule has 2 aromatic heterocycles. The molecule has 0 radical (unpaired) electrons. The maximum atomic E-state index is 6.05. The standard InChI is InChI=1S/C11H11BrClN3S/c1-7-16-9(6-17-7)2-3-14-11-10(13)4-8(12)5-15-11/h4-6H,2-3H2,1H3,(H,14,15). The number of nitrogens with zero attached hydrogens (tertiary/aromatic N) is 2. The van der Waals surface area contributed by atoms with Gasteiger partial charge in [-0.2, -0.15) is 0 Å². The van der Waals surface area contributed by atoms with Gasteiger partial charge in [0, 0.05) is 29.0 Å². The molecule has 2 heterocycles. The number of hydrogen-bond acceptors (Lipinski definition) is 4. The molecule has 0 amide bonds. The van der Waals surface area contributed by atoms with Gasteiger partial charge in [0.2, 0.25) is 0 Å². The molecule has 2 rings (SSSR count). The predicted molar refractivity (Wildman–Crippen MR) is 76.0 cm³/mol. The zero-order chi connectivity index (χ0) is 12.3. The van der Waals surface area contributed by atoms with E-state index in [0.717, 1.165) is 28.1 Å². The largest absolute Gasteiger partial charge is 0.368 e. The van der Waals surface area contributed by atoms with Gasteiger partial charge in [-0.15, -0.1) is 11.3 Å². The maximum absolute atomic E-state index is 6.05. The number of pyridine rings is 1. The van der Waals surface area contributed by atoms with E-state index < -0.39 is 0 Å². The Morgan fingerprint density at radius 2 is 2.35 bits per heavy atom. The third-order valence-corrected chi connectivity index (χ3v) is 3.69. The second-order valence-corrected chi connectivity index (χ2v) is 5.90. The van der Waals surface area contributed by atoms with E-state index in [9.17, 15) is 0 Å². The molecule has 1 N–H and O–H groups in total. The molecule has 17 heavy (non-hydrogen) atoms. The smallest absolute Gasteiger partial charge is 0.144 e. The molecular weight excluding hydrogens is 322 g/mol. The Morgan fingerprint density at radius 3 is 3.00 bits per heavy atom. The predicted octanol–water partition coefficient (Wildman–Crippen LogP) is 3.92. The van der Waals surface area contributed by atoms with Gasteiger partial charge in [-0.3, -0.25) is 0 Å². The van der Waals surface area contributed by atoms with Crippen LogP contribution >= 0.6 is 38.9 Å². The summed E-state index contributed by atoms with van der Waals surface area (Å²) in [5.41, 5.74) is 1.10. The molecule has 0 unspecified atom stereocenters. The zero-order valence-corrected chi connectivity index (χ0v) is 12.4. The number of thiazole rings is 1. The first-order chi connectivity index (χ1) is 8.15. The lowest BCUT2D eigenvalue weighted by atomic mass is 10.3. The van der Waals surface area contributed by atoms with Crippen LogP contribution in [0.2, 0.25) is 5.02 Å². The summed E-state index contributed by atoms with van der Waals surface area (Å²) in [6.45, 7) is 2.78. The van der Waals surface area contributed by atoms with Crippen LogP contribution in [0.5, 0.6) is 0 Å². The topological polar surface area (TPSA) is 37.8 Å². The molecule has 0 aliphatic carbocycles. The van der Waals surface area contributed by atoms with Crippen LogP contribution in [-0.4, -0.2) is 16.5 Å². The summed E-state index contributed by atoms with van der Waals surface area (Å²) >= 11 is 11.0. The average molecular weight is 333 g/mol. The van der Waals surface area contributed by atoms with Gasteiger partial charge in [0.15, 0.2) is 0 Å². The van der Waals surface area contributed by atoms with Crippen LogP contribution in [0.3, 0.4) is 0 Å². The minimum absolute atomic E-state index is 0.619. The highest BCUT2D eigenvalue weighted by Crippen LogP contribution is 2.22. The second kappa shape index (κ2) is 5.80. The third-order valence-electron chi connectivity index (χ3n) is 2.15. The molecular formula is C11H11BrClN3S. The Kier molecular flexibility index (Phi) is 4.36. The van der Waals surface area contributed by atoms with Gasteiger partial charge in [0.05, 0.1) is 15.7 Å². The highest BCUT2D eigenvalue weighted by atomic mass is 79.9. The number of anilines is 1. The first-order valence-electron chi connectivity index (χ1n) is 5.11. The minimum Gasteiger partial charge on any atom is -0.368 e. The van der Waals surface area contributed by atoms with Crippen molar-refractivity contribution < 1.29 is 0 Å². The molecule has 0 saturated carbocycles. The van der Waals surface area contributed by atoms with Crippen molar-refractivity contribution >= 4 is 44.7 Å². The van der Waals surface area contributed by atoms with Gasteiger partial charge in [0.1, 0.15) is 5.82 Å². The number of nitrogens with one attached hydrogen (secondary N) is 1. The number of aryl methyl sites for hydroxylation is 1. The summed E-state index contributed by atoms with van der Waals surface area (Å²) < 4.78 is 0.878. The quantitative estimate of drug-likeness (QED) is 0.922. The normalized spacial score (nSPS) is 10.5. The van der Waals surface area contributed by atoms with Crippen LogP contribution in [0, 0.1) is 6.92 Å². The van der Waals surface area contributed by atoms with Crippen LogP contribution < -0.4 is 5.32 Å². The van der Waals surface area contributed by atoms with Crippen molar-refractivity contribution in [2.45, 2.75) is 13.3 Å². The Balaban J connectivity index is 1.90. The molecule has 0 aliphatic rings. The fraction of sp³-hybridized carbons (Fsp3) is 0.273. The van der Waals surface area contributed by atoms with Gasteiger partial charge in [-0.05, 0) is 28.9 Å². The van der Waals surface area contributed by atoms with Crippen LogP contribution in [0.15, 0.2) is 22.1 Å². The fourth-order valence-corrected chi connectivity index (χ4v) is 2.72. The van der Waals surface area contributed by atoms with Crippen LogP contribution in [0.1, 0.15) is 10.7 Å². The average Bonchev–Trinajstić information content (AvgIpc) is 2.68. The van der Waals surface area contributed by atoms with Gasteiger partial charge in [-0.25, -0.2) is 9.97 Å². The molecule has 0 bridgehead atoms. The van der Waals surface area contributed by atoms with Crippen molar-refractivity contribution in [3.05, 3.63) is 37.8 Å². The molecule has 0 spiro atoms. The van der Waals surface area contributed by atoms with E-state index in [1.54, 1.807) is 17.5 Å². The molecule has 90 valence electrons. The Hall–Kier alpha value is -0.650. The lowest BCUT2D eigenvalue weighted by Gasteiger charge is -2.06. The molecule has 0 aliphatic heterocycles. The van der Waals surface area contributed by atoms with Gasteiger partial charge in [0.25, 0.3) is 0 Å². The van der Waals surface area contributed by atoms with E-state index >= 15 is 0 Å². The molecule has 2 aromatic rings. The van der Waals surface area contributed by atoms with Gasteiger partial charge in [-0.1, -0.05) is 11.6 Å². The van der Waals surface area contributed by atoms with Gasteiger partial charge >= 0.3 is 0 Å². The Morgan fingerprint density at radius 1 is 1.53 bits per heavy atom. The Bertz CT molecular complexity index is 515. The van der Waals surface area contributed by atoms with Crippen molar-refractivity contribution in [1.82, 2.24) is 9.97 Å². The Labute approximate surface area is 117 Å².